The van der Waals surface area contributed by atoms with Gasteiger partial charge in [-0.15, -0.1) is 0 Å². The van der Waals surface area contributed by atoms with Gasteiger partial charge in [-0.1, -0.05) is 85.8 Å². The third-order valence-corrected chi connectivity index (χ3v) is 22.5. The van der Waals surface area contributed by atoms with E-state index in [0.29, 0.717) is 24.7 Å². The number of hydrogen-bond acceptors (Lipinski definition) is 3. The van der Waals surface area contributed by atoms with Crippen LogP contribution in [0.3, 0.4) is 0 Å². The van der Waals surface area contributed by atoms with E-state index >= 15 is 0 Å². The maximum Gasteiger partial charge on any atom is 0.195 e. The van der Waals surface area contributed by atoms with Crippen LogP contribution in [0.5, 0.6) is 0 Å². The maximum atomic E-state index is 14.6. The zero-order chi connectivity index (χ0) is 34.7. The molecule has 7 atom stereocenters. The zero-order valence-electron chi connectivity index (χ0n) is 31.8. The van der Waals surface area contributed by atoms with Crippen molar-refractivity contribution in [2.24, 2.45) is 23.2 Å². The second-order valence-corrected chi connectivity index (χ2v) is 28.5. The van der Waals surface area contributed by atoms with E-state index in [1.807, 2.05) is 0 Å². The van der Waals surface area contributed by atoms with Crippen LogP contribution in [0.15, 0.2) is 47.1 Å². The molecule has 4 fully saturated rings. The average molecular weight is 671 g/mol. The first-order chi connectivity index (χ1) is 20.9. The van der Waals surface area contributed by atoms with Gasteiger partial charge in [0.25, 0.3) is 0 Å². The van der Waals surface area contributed by atoms with Gasteiger partial charge in [0.2, 0.25) is 0 Å². The van der Waals surface area contributed by atoms with Crippen LogP contribution in [0, 0.1) is 23.2 Å². The van der Waals surface area contributed by atoms with E-state index < -0.39 is 22.3 Å². The molecule has 260 valence electrons. The molecule has 4 saturated carbocycles. The van der Waals surface area contributed by atoms with Crippen LogP contribution < -0.4 is 0 Å². The lowest BCUT2D eigenvalue weighted by atomic mass is 9.61. The molecule has 0 bridgehead atoms. The summed E-state index contributed by atoms with van der Waals surface area (Å²) >= 11 is 0. The number of fused-ring (bicyclic) bond motifs is 1. The largest absolute Gasteiger partial charge is 0.413 e. The number of carbonyl (C=O) groups is 1. The first kappa shape index (κ1) is 37.7. The highest BCUT2D eigenvalue weighted by Crippen LogP contribution is 2.60. The highest BCUT2D eigenvalue weighted by Gasteiger charge is 2.51. The Morgan fingerprint density at radius 1 is 0.913 bits per heavy atom. The minimum absolute atomic E-state index is 0.0140. The summed E-state index contributed by atoms with van der Waals surface area (Å²) in [6.07, 6.45) is 15.7. The van der Waals surface area contributed by atoms with Gasteiger partial charge in [0.15, 0.2) is 28.1 Å². The SMILES string of the molecule is C=C1/C(=C\C=C2/CCC[C@@]3(C)C2CC[C@@H]3C(C)/C=C2\CCC(C)(F)C2=O)C[C@@H](O[Si](C)(C)C(C)(C)C)C[C@@H]1O[Si](C)(C)C(C)(C)C. The molecular formula is C40H67FO3Si2. The van der Waals surface area contributed by atoms with Crippen molar-refractivity contribution < 1.29 is 18.0 Å². The molecule has 0 heterocycles. The molecule has 0 saturated heterocycles. The van der Waals surface area contributed by atoms with E-state index in [2.05, 4.69) is 106 Å². The van der Waals surface area contributed by atoms with Crippen LogP contribution in [0.2, 0.25) is 36.3 Å². The van der Waals surface area contributed by atoms with Crippen molar-refractivity contribution in [2.75, 3.05) is 0 Å². The molecule has 0 aromatic carbocycles. The van der Waals surface area contributed by atoms with Crippen LogP contribution in [0.1, 0.15) is 120 Å². The number of alkyl halides is 1. The fourth-order valence-corrected chi connectivity index (χ4v) is 11.1. The number of rotatable bonds is 7. The Morgan fingerprint density at radius 3 is 2.09 bits per heavy atom. The molecule has 3 unspecified atom stereocenters. The minimum atomic E-state index is -2.01. The number of Topliss-reactive ketones (excluding diaryl/α,β-unsaturated/α-hetero) is 1. The highest BCUT2D eigenvalue weighted by atomic mass is 28.4. The van der Waals surface area contributed by atoms with Crippen LogP contribution in [0.4, 0.5) is 4.39 Å². The molecule has 0 aromatic heterocycles. The highest BCUT2D eigenvalue weighted by molar-refractivity contribution is 6.74. The number of carbonyl (C=O) groups excluding carboxylic acids is 1. The lowest BCUT2D eigenvalue weighted by Crippen LogP contribution is -2.49. The van der Waals surface area contributed by atoms with Crippen molar-refractivity contribution in [3.63, 3.8) is 0 Å². The summed E-state index contributed by atoms with van der Waals surface area (Å²) in [6.45, 7) is 34.2. The van der Waals surface area contributed by atoms with Crippen molar-refractivity contribution in [3.8, 4) is 0 Å². The first-order valence-corrected chi connectivity index (χ1v) is 24.1. The third kappa shape index (κ3) is 7.55. The van der Waals surface area contributed by atoms with Gasteiger partial charge >= 0.3 is 0 Å². The molecule has 4 aliphatic carbocycles. The van der Waals surface area contributed by atoms with E-state index in [1.165, 1.54) is 38.2 Å². The zero-order valence-corrected chi connectivity index (χ0v) is 33.8. The predicted molar refractivity (Wildman–Crippen MR) is 198 cm³/mol. The van der Waals surface area contributed by atoms with Crippen molar-refractivity contribution in [3.05, 3.63) is 47.1 Å². The predicted octanol–water partition coefficient (Wildman–Crippen LogP) is 11.8. The Labute approximate surface area is 284 Å². The summed E-state index contributed by atoms with van der Waals surface area (Å²) in [7, 11) is -3.97. The second kappa shape index (κ2) is 13.0. The fourth-order valence-electron chi connectivity index (χ4n) is 8.43. The van der Waals surface area contributed by atoms with Crippen LogP contribution in [-0.4, -0.2) is 40.3 Å². The Hall–Kier alpha value is -1.09. The molecule has 0 N–H and O–H groups in total. The van der Waals surface area contributed by atoms with Crippen LogP contribution >= 0.6 is 0 Å². The quantitative estimate of drug-likeness (QED) is 0.200. The van der Waals surface area contributed by atoms with Crippen LogP contribution in [-0.2, 0) is 13.6 Å². The Balaban J connectivity index is 1.60. The molecule has 4 aliphatic rings. The Morgan fingerprint density at radius 2 is 1.52 bits per heavy atom. The number of hydrogen-bond donors (Lipinski definition) is 0. The number of halogens is 1. The number of ketones is 1. The molecule has 0 radical (unpaired) electrons. The molecule has 6 heteroatoms. The summed E-state index contributed by atoms with van der Waals surface area (Å²) < 4.78 is 28.8. The van der Waals surface area contributed by atoms with Crippen molar-refractivity contribution >= 4 is 22.4 Å². The third-order valence-electron chi connectivity index (χ3n) is 13.5. The summed E-state index contributed by atoms with van der Waals surface area (Å²) in [5.74, 6) is 1.05. The Bertz CT molecular complexity index is 1270. The van der Waals surface area contributed by atoms with Gasteiger partial charge in [-0.3, -0.25) is 4.79 Å². The lowest BCUT2D eigenvalue weighted by Gasteiger charge is -2.45. The standard InChI is InChI=1S/C40H67FO3Si2/c1-27(24-31-21-23-40(10,41)36(31)42)33-19-20-34-29(16-15-22-39(33,34)9)17-18-30-25-32(43-45(11,12)37(3,4)5)26-35(28(30)2)44-46(13,14)38(6,7)8/h17-18,24,27,32-35H,2,15-16,19-23,25-26H2,1,3-14H3/b29-17+,30-18-,31-24+/t27?,32-,33-,34?,35+,39-,40?/m1/s1. The van der Waals surface area contributed by atoms with Gasteiger partial charge in [-0.25, -0.2) is 4.39 Å². The topological polar surface area (TPSA) is 35.5 Å². The van der Waals surface area contributed by atoms with Crippen molar-refractivity contribution in [2.45, 2.75) is 174 Å². The first-order valence-electron chi connectivity index (χ1n) is 18.3. The van der Waals surface area contributed by atoms with E-state index in [-0.39, 0.29) is 39.4 Å². The van der Waals surface area contributed by atoms with Crippen LogP contribution in [0.25, 0.3) is 0 Å². The van der Waals surface area contributed by atoms with Gasteiger partial charge in [0.05, 0.1) is 12.2 Å². The monoisotopic (exact) mass is 670 g/mol. The van der Waals surface area contributed by atoms with Crippen molar-refractivity contribution in [1.29, 1.82) is 0 Å². The van der Waals surface area contributed by atoms with E-state index in [1.54, 1.807) is 5.57 Å². The number of allylic oxidation sites excluding steroid dienone is 5. The molecule has 0 aromatic rings. The Kier molecular flexibility index (Phi) is 10.7. The normalized spacial score (nSPS) is 36.6. The lowest BCUT2D eigenvalue weighted by molar-refractivity contribution is -0.123. The smallest absolute Gasteiger partial charge is 0.195 e. The van der Waals surface area contributed by atoms with Gasteiger partial charge in [0, 0.05) is 6.42 Å². The summed E-state index contributed by atoms with van der Waals surface area (Å²) in [5, 5.41) is 0.278. The summed E-state index contributed by atoms with van der Waals surface area (Å²) in [4.78, 5) is 12.7. The average Bonchev–Trinajstić information content (AvgIpc) is 3.39. The molecule has 0 amide bonds. The van der Waals surface area contributed by atoms with E-state index in [4.69, 9.17) is 8.85 Å². The van der Waals surface area contributed by atoms with E-state index in [9.17, 15) is 9.18 Å². The summed E-state index contributed by atoms with van der Waals surface area (Å²) in [5.41, 5.74) is 3.24. The molecule has 3 nitrogen and oxygen atoms in total. The van der Waals surface area contributed by atoms with Gasteiger partial charge < -0.3 is 8.85 Å². The van der Waals surface area contributed by atoms with Gasteiger partial charge in [0.1, 0.15) is 0 Å². The molecule has 0 aliphatic heterocycles. The molecule has 4 rings (SSSR count). The molecule has 46 heavy (non-hydrogen) atoms. The molecule has 0 spiro atoms. The molecular weight excluding hydrogens is 604 g/mol. The fraction of sp³-hybridized carbons (Fsp3) is 0.775. The van der Waals surface area contributed by atoms with E-state index in [0.717, 1.165) is 30.4 Å². The van der Waals surface area contributed by atoms with Crippen molar-refractivity contribution in [1.82, 2.24) is 0 Å². The van der Waals surface area contributed by atoms with Gasteiger partial charge in [-0.2, -0.15) is 0 Å². The summed E-state index contributed by atoms with van der Waals surface area (Å²) in [6, 6.07) is 0. The maximum absolute atomic E-state index is 14.6. The minimum Gasteiger partial charge on any atom is -0.413 e. The second-order valence-electron chi connectivity index (χ2n) is 18.9. The van der Waals surface area contributed by atoms with Gasteiger partial charge in [-0.05, 0) is 134 Å².